The van der Waals surface area contributed by atoms with Gasteiger partial charge in [-0.05, 0) is 94.1 Å². The minimum absolute atomic E-state index is 0.0372. The molecule has 2 heterocycles. The summed E-state index contributed by atoms with van der Waals surface area (Å²) < 4.78 is 24.1. The summed E-state index contributed by atoms with van der Waals surface area (Å²) in [6.07, 6.45) is 7.42. The number of carbonyl (C=O) groups excluding carboxylic acids is 2. The molecule has 2 aliphatic heterocycles. The summed E-state index contributed by atoms with van der Waals surface area (Å²) in [5.74, 6) is 1.64. The van der Waals surface area contributed by atoms with Gasteiger partial charge in [-0.2, -0.15) is 0 Å². The van der Waals surface area contributed by atoms with E-state index in [0.717, 1.165) is 63.5 Å². The highest BCUT2D eigenvalue weighted by Crippen LogP contribution is 2.38. The number of amides is 2. The number of nitrogens with two attached hydrogens (primary N) is 2. The molecule has 0 spiro atoms. The zero-order valence-corrected chi connectivity index (χ0v) is 32.2. The highest BCUT2D eigenvalue weighted by atomic mass is 28.4. The van der Waals surface area contributed by atoms with Gasteiger partial charge >= 0.3 is 0 Å². The molecule has 11 heteroatoms. The molecule has 2 aromatic rings. The van der Waals surface area contributed by atoms with Crippen LogP contribution in [0.5, 0.6) is 17.2 Å². The third-order valence-electron chi connectivity index (χ3n) is 10.6. The number of nitrogens with zero attached hydrogens (tertiary/aromatic N) is 2. The van der Waals surface area contributed by atoms with Crippen LogP contribution in [0.2, 0.25) is 18.1 Å². The lowest BCUT2D eigenvalue weighted by Crippen LogP contribution is -2.46. The van der Waals surface area contributed by atoms with Crippen LogP contribution < -0.4 is 25.7 Å². The van der Waals surface area contributed by atoms with Crippen LogP contribution in [0.3, 0.4) is 0 Å². The lowest BCUT2D eigenvalue weighted by molar-refractivity contribution is 0.0684. The van der Waals surface area contributed by atoms with Crippen molar-refractivity contribution in [2.75, 3.05) is 51.5 Å². The largest absolute Gasteiger partial charge is 0.493 e. The maximum atomic E-state index is 13.6. The van der Waals surface area contributed by atoms with Gasteiger partial charge in [0.2, 0.25) is 0 Å². The molecule has 272 valence electrons. The van der Waals surface area contributed by atoms with E-state index < -0.39 is 8.32 Å². The maximum absolute atomic E-state index is 13.6. The number of hydrogen-bond donors (Lipinski definition) is 2. The molecule has 0 aromatic heterocycles. The lowest BCUT2D eigenvalue weighted by Gasteiger charge is -2.38. The fourth-order valence-corrected chi connectivity index (χ4v) is 7.50. The van der Waals surface area contributed by atoms with Gasteiger partial charge in [0.15, 0.2) is 19.8 Å². The molecule has 2 amide bonds. The Kier molecular flexibility index (Phi) is 12.9. The van der Waals surface area contributed by atoms with Crippen molar-refractivity contribution in [3.8, 4) is 17.2 Å². The van der Waals surface area contributed by atoms with E-state index in [4.69, 9.17) is 30.1 Å². The molecular weight excluding hydrogens is 637 g/mol. The molecule has 2 aliphatic rings. The van der Waals surface area contributed by atoms with Crippen molar-refractivity contribution in [3.63, 3.8) is 0 Å². The molecule has 0 bridgehead atoms. The summed E-state index contributed by atoms with van der Waals surface area (Å²) in [6, 6.07) is 7.36. The van der Waals surface area contributed by atoms with Gasteiger partial charge in [0.05, 0.1) is 44.1 Å². The van der Waals surface area contributed by atoms with Gasteiger partial charge in [-0.1, -0.05) is 27.7 Å². The number of likely N-dealkylation sites (tertiary alicyclic amines) is 2. The number of unbranched alkanes of at least 4 members (excludes halogenated alkanes) is 2. The molecular formula is C38H60N4O6Si. The number of nitrogen functional groups attached to an aromatic ring is 2. The molecule has 2 saturated heterocycles. The van der Waals surface area contributed by atoms with Crippen LogP contribution >= 0.6 is 0 Å². The Morgan fingerprint density at radius 3 is 1.92 bits per heavy atom. The smallest absolute Gasteiger partial charge is 0.256 e. The van der Waals surface area contributed by atoms with Crippen molar-refractivity contribution < 1.29 is 28.2 Å². The quantitative estimate of drug-likeness (QED) is 0.112. The van der Waals surface area contributed by atoms with Crippen LogP contribution in [-0.4, -0.2) is 82.0 Å². The van der Waals surface area contributed by atoms with Crippen LogP contribution in [-0.2, 0) is 4.43 Å². The van der Waals surface area contributed by atoms with Crippen molar-refractivity contribution >= 4 is 31.5 Å². The zero-order chi connectivity index (χ0) is 35.9. The molecule has 4 rings (SSSR count). The topological polar surface area (TPSA) is 130 Å². The first kappa shape index (κ1) is 38.4. The van der Waals surface area contributed by atoms with E-state index in [-0.39, 0.29) is 28.9 Å². The maximum Gasteiger partial charge on any atom is 0.256 e. The van der Waals surface area contributed by atoms with E-state index in [2.05, 4.69) is 40.8 Å². The minimum Gasteiger partial charge on any atom is -0.493 e. The number of methoxy groups -OCH3 is 1. The highest BCUT2D eigenvalue weighted by Gasteiger charge is 2.39. The Labute approximate surface area is 294 Å². The van der Waals surface area contributed by atoms with Crippen LogP contribution in [0.15, 0.2) is 24.3 Å². The van der Waals surface area contributed by atoms with Gasteiger partial charge in [0.25, 0.3) is 11.8 Å². The van der Waals surface area contributed by atoms with Crippen molar-refractivity contribution in [1.82, 2.24) is 9.80 Å². The Bertz CT molecular complexity index is 1460. The van der Waals surface area contributed by atoms with E-state index >= 15 is 0 Å². The van der Waals surface area contributed by atoms with E-state index in [1.165, 1.54) is 0 Å². The van der Waals surface area contributed by atoms with Crippen molar-refractivity contribution in [3.05, 3.63) is 41.0 Å². The average molecular weight is 697 g/mol. The number of carbonyl (C=O) groups is 2. The van der Waals surface area contributed by atoms with Gasteiger partial charge < -0.3 is 39.9 Å². The fourth-order valence-electron chi connectivity index (χ4n) is 6.46. The molecule has 4 N–H and O–H groups in total. The second-order valence-corrected chi connectivity index (χ2v) is 19.9. The van der Waals surface area contributed by atoms with E-state index in [0.29, 0.717) is 66.1 Å². The number of hydrogen-bond acceptors (Lipinski definition) is 8. The Morgan fingerprint density at radius 1 is 0.816 bits per heavy atom. The van der Waals surface area contributed by atoms with Crippen molar-refractivity contribution in [2.45, 2.75) is 116 Å². The Balaban J connectivity index is 1.24. The van der Waals surface area contributed by atoms with Gasteiger partial charge in [0.1, 0.15) is 5.75 Å². The molecule has 0 radical (unpaired) electrons. The SMILES string of the molecule is CC[C@@H]1CCCN1C(=O)c1cc(OC)c(OCCCCCOc2cc(N)c(C(=O)N3CCC[C@H]3CO[Si](C)(C)C(C)(C)C)cc2C)cc1N. The molecule has 10 nitrogen and oxygen atoms in total. The van der Waals surface area contributed by atoms with Crippen LogP contribution in [0.1, 0.15) is 105 Å². The summed E-state index contributed by atoms with van der Waals surface area (Å²) >= 11 is 0. The van der Waals surface area contributed by atoms with Crippen molar-refractivity contribution in [1.29, 1.82) is 0 Å². The predicted octanol–water partition coefficient (Wildman–Crippen LogP) is 7.44. The molecule has 2 aromatic carbocycles. The second kappa shape index (κ2) is 16.5. The normalized spacial score (nSPS) is 18.2. The molecule has 0 saturated carbocycles. The first-order valence-electron chi connectivity index (χ1n) is 18.1. The minimum atomic E-state index is -1.91. The summed E-state index contributed by atoms with van der Waals surface area (Å²) in [5, 5.41) is 0.122. The summed E-state index contributed by atoms with van der Waals surface area (Å²) in [6.45, 7) is 18.3. The van der Waals surface area contributed by atoms with Gasteiger partial charge in [-0.15, -0.1) is 0 Å². The number of benzene rings is 2. The highest BCUT2D eigenvalue weighted by molar-refractivity contribution is 6.74. The molecule has 49 heavy (non-hydrogen) atoms. The first-order chi connectivity index (χ1) is 23.2. The Morgan fingerprint density at radius 2 is 1.35 bits per heavy atom. The molecule has 2 atom stereocenters. The standard InChI is InChI=1S/C38H60N4O6Si/c1-9-27-15-13-17-41(27)37(44)30-22-34(45-6)35(24-32(30)40)47-20-12-10-11-19-46-33-23-31(39)29(21-26(33)2)36(43)42-18-14-16-28(42)25-48-49(7,8)38(3,4)5/h21-24,27-28H,9-20,25,39-40H2,1-8H3/t27-,28+/m1/s1. The third-order valence-corrected chi connectivity index (χ3v) is 15.1. The van der Waals surface area contributed by atoms with Gasteiger partial charge in [-0.3, -0.25) is 9.59 Å². The van der Waals surface area contributed by atoms with Crippen molar-refractivity contribution in [2.24, 2.45) is 0 Å². The predicted molar refractivity (Wildman–Crippen MR) is 199 cm³/mol. The van der Waals surface area contributed by atoms with Gasteiger partial charge in [-0.25, -0.2) is 0 Å². The van der Waals surface area contributed by atoms with Crippen LogP contribution in [0, 0.1) is 6.92 Å². The fraction of sp³-hybridized carbons (Fsp3) is 0.632. The summed E-state index contributed by atoms with van der Waals surface area (Å²) in [5.41, 5.74) is 15.4. The molecule has 2 fully saturated rings. The molecule has 0 unspecified atom stereocenters. The first-order valence-corrected chi connectivity index (χ1v) is 21.0. The number of ether oxygens (including phenoxy) is 3. The van der Waals surface area contributed by atoms with Crippen LogP contribution in [0.4, 0.5) is 11.4 Å². The number of rotatable bonds is 15. The average Bonchev–Trinajstić information content (AvgIpc) is 3.73. The zero-order valence-electron chi connectivity index (χ0n) is 31.2. The Hall–Kier alpha value is -3.44. The van der Waals surface area contributed by atoms with E-state index in [9.17, 15) is 9.59 Å². The summed E-state index contributed by atoms with van der Waals surface area (Å²) in [4.78, 5) is 30.7. The number of aryl methyl sites for hydroxylation is 1. The second-order valence-electron chi connectivity index (χ2n) is 15.1. The summed E-state index contributed by atoms with van der Waals surface area (Å²) in [7, 11) is -0.338. The third kappa shape index (κ3) is 9.22. The van der Waals surface area contributed by atoms with E-state index in [1.807, 2.05) is 22.8 Å². The van der Waals surface area contributed by atoms with E-state index in [1.54, 1.807) is 25.3 Å². The lowest BCUT2D eigenvalue weighted by atomic mass is 10.1. The molecule has 0 aliphatic carbocycles. The van der Waals surface area contributed by atoms with Crippen LogP contribution in [0.25, 0.3) is 0 Å². The number of anilines is 2. The monoisotopic (exact) mass is 696 g/mol. The van der Waals surface area contributed by atoms with Gasteiger partial charge in [0, 0.05) is 42.6 Å².